The lowest BCUT2D eigenvalue weighted by atomic mass is 10.2. The van der Waals surface area contributed by atoms with E-state index in [9.17, 15) is 8.42 Å². The molecule has 2 rings (SSSR count). The zero-order chi connectivity index (χ0) is 15.6. The Morgan fingerprint density at radius 1 is 1.24 bits per heavy atom. The van der Waals surface area contributed by atoms with Gasteiger partial charge in [0.05, 0.1) is 5.69 Å². The fraction of sp³-hybridized carbons (Fsp3) is 0.0833. The number of nitrogens with zero attached hydrogens (tertiary/aromatic N) is 1. The number of aromatic nitrogens is 1. The lowest BCUT2D eigenvalue weighted by Gasteiger charge is -2.14. The molecule has 6 nitrogen and oxygen atoms in total. The number of nitrogen functional groups attached to an aromatic ring is 1. The molecule has 2 aromatic rings. The highest BCUT2D eigenvalue weighted by Gasteiger charge is 2.21. The topological polar surface area (TPSA) is 97.1 Å². The van der Waals surface area contributed by atoms with Crippen molar-refractivity contribution >= 4 is 53.4 Å². The van der Waals surface area contributed by atoms with E-state index < -0.39 is 10.0 Å². The summed E-state index contributed by atoms with van der Waals surface area (Å²) in [4.78, 5) is 3.85. The molecule has 0 amide bonds. The second kappa shape index (κ2) is 6.30. The summed E-state index contributed by atoms with van der Waals surface area (Å²) in [5, 5.41) is 0. The van der Waals surface area contributed by atoms with E-state index in [2.05, 4.69) is 47.0 Å². The minimum Gasteiger partial charge on any atom is -0.307 e. The first kappa shape index (κ1) is 16.2. The van der Waals surface area contributed by atoms with Crippen molar-refractivity contribution in [2.45, 2.75) is 11.8 Å². The Balaban J connectivity index is 2.48. The third-order valence-corrected chi connectivity index (χ3v) is 5.25. The Morgan fingerprint density at radius 2 is 1.86 bits per heavy atom. The number of aryl methyl sites for hydroxylation is 1. The number of hydrogen-bond acceptors (Lipinski definition) is 5. The third kappa shape index (κ3) is 3.54. The van der Waals surface area contributed by atoms with E-state index in [1.54, 1.807) is 0 Å². The monoisotopic (exact) mass is 434 g/mol. The first-order valence-electron chi connectivity index (χ1n) is 5.75. The second-order valence-corrected chi connectivity index (χ2v) is 7.56. The van der Waals surface area contributed by atoms with Gasteiger partial charge < -0.3 is 5.43 Å². The highest BCUT2D eigenvalue weighted by Crippen LogP contribution is 2.34. The van der Waals surface area contributed by atoms with Crippen LogP contribution in [0.2, 0.25) is 0 Å². The summed E-state index contributed by atoms with van der Waals surface area (Å²) in [5.41, 5.74) is 3.67. The van der Waals surface area contributed by atoms with Crippen LogP contribution >= 0.6 is 31.9 Å². The van der Waals surface area contributed by atoms with Crippen LogP contribution in [0.25, 0.3) is 0 Å². The Labute approximate surface area is 139 Å². The molecule has 0 saturated carbocycles. The maximum Gasteiger partial charge on any atom is 0.265 e. The Bertz CT molecular complexity index is 758. The molecule has 112 valence electrons. The van der Waals surface area contributed by atoms with Gasteiger partial charge in [0.25, 0.3) is 10.0 Å². The number of hydrazine groups is 1. The van der Waals surface area contributed by atoms with Gasteiger partial charge in [-0.15, -0.1) is 0 Å². The molecular weight excluding hydrogens is 424 g/mol. The van der Waals surface area contributed by atoms with Crippen LogP contribution in [0.1, 0.15) is 5.56 Å². The van der Waals surface area contributed by atoms with Gasteiger partial charge in [-0.3, -0.25) is 4.72 Å². The fourth-order valence-corrected chi connectivity index (χ4v) is 4.80. The SMILES string of the molecule is Cc1cc(Br)c(NS(=O)(=O)c2cccnc2NN)c(Br)c1. The molecule has 21 heavy (non-hydrogen) atoms. The number of nitrogens with two attached hydrogens (primary N) is 1. The number of pyridine rings is 1. The molecule has 0 atom stereocenters. The van der Waals surface area contributed by atoms with Gasteiger partial charge in [-0.1, -0.05) is 0 Å². The van der Waals surface area contributed by atoms with Gasteiger partial charge in [-0.25, -0.2) is 19.2 Å². The van der Waals surface area contributed by atoms with Crippen molar-refractivity contribution < 1.29 is 8.42 Å². The van der Waals surface area contributed by atoms with Crippen LogP contribution in [0.3, 0.4) is 0 Å². The predicted molar refractivity (Wildman–Crippen MR) is 89.4 cm³/mol. The Kier molecular flexibility index (Phi) is 4.87. The molecule has 9 heteroatoms. The Morgan fingerprint density at radius 3 is 2.43 bits per heavy atom. The van der Waals surface area contributed by atoms with Gasteiger partial charge in [0.15, 0.2) is 5.82 Å². The predicted octanol–water partition coefficient (Wildman–Crippen LogP) is 3.00. The smallest absolute Gasteiger partial charge is 0.265 e. The van der Waals surface area contributed by atoms with Crippen molar-refractivity contribution in [3.05, 3.63) is 45.0 Å². The maximum atomic E-state index is 12.5. The summed E-state index contributed by atoms with van der Waals surface area (Å²) in [7, 11) is -3.83. The van der Waals surface area contributed by atoms with Crippen molar-refractivity contribution in [2.75, 3.05) is 10.1 Å². The first-order valence-corrected chi connectivity index (χ1v) is 8.82. The largest absolute Gasteiger partial charge is 0.307 e. The van der Waals surface area contributed by atoms with E-state index in [4.69, 9.17) is 5.84 Å². The standard InChI is InChI=1S/C12H12Br2N4O2S/c1-7-5-8(13)11(9(14)6-7)18-21(19,20)10-3-2-4-16-12(10)17-15/h2-6,18H,15H2,1H3,(H,16,17). The van der Waals surface area contributed by atoms with E-state index in [1.165, 1.54) is 18.3 Å². The second-order valence-electron chi connectivity index (χ2n) is 4.20. The molecule has 1 heterocycles. The number of hydrogen-bond donors (Lipinski definition) is 3. The molecule has 1 aromatic carbocycles. The molecule has 0 aliphatic heterocycles. The molecule has 0 radical (unpaired) electrons. The summed E-state index contributed by atoms with van der Waals surface area (Å²) >= 11 is 6.69. The maximum absolute atomic E-state index is 12.5. The van der Waals surface area contributed by atoms with Crippen LogP contribution in [0.5, 0.6) is 0 Å². The molecular formula is C12H12Br2N4O2S. The normalized spacial score (nSPS) is 11.2. The Hall–Kier alpha value is -1.16. The lowest BCUT2D eigenvalue weighted by Crippen LogP contribution is -2.19. The van der Waals surface area contributed by atoms with Crippen molar-refractivity contribution in [2.24, 2.45) is 5.84 Å². The van der Waals surface area contributed by atoms with Crippen molar-refractivity contribution in [1.29, 1.82) is 0 Å². The number of rotatable bonds is 4. The average Bonchev–Trinajstić information content (AvgIpc) is 2.43. The summed E-state index contributed by atoms with van der Waals surface area (Å²) in [6, 6.07) is 6.57. The van der Waals surface area contributed by atoms with Crippen LogP contribution in [-0.4, -0.2) is 13.4 Å². The van der Waals surface area contributed by atoms with E-state index >= 15 is 0 Å². The average molecular weight is 436 g/mol. The number of nitrogens with one attached hydrogen (secondary N) is 2. The molecule has 0 aliphatic carbocycles. The van der Waals surface area contributed by atoms with E-state index in [0.717, 1.165) is 5.56 Å². The van der Waals surface area contributed by atoms with Crippen molar-refractivity contribution in [3.63, 3.8) is 0 Å². The third-order valence-electron chi connectivity index (χ3n) is 2.62. The number of halogens is 2. The van der Waals surface area contributed by atoms with Gasteiger partial charge in [0, 0.05) is 15.1 Å². The molecule has 1 aromatic heterocycles. The number of anilines is 2. The van der Waals surface area contributed by atoms with Gasteiger partial charge in [-0.05, 0) is 68.6 Å². The zero-order valence-electron chi connectivity index (χ0n) is 10.9. The first-order chi connectivity index (χ1) is 9.85. The van der Waals surface area contributed by atoms with E-state index in [1.807, 2.05) is 19.1 Å². The van der Waals surface area contributed by atoms with Crippen molar-refractivity contribution in [1.82, 2.24) is 4.98 Å². The van der Waals surface area contributed by atoms with Crippen LogP contribution in [0, 0.1) is 6.92 Å². The highest BCUT2D eigenvalue weighted by atomic mass is 79.9. The van der Waals surface area contributed by atoms with Crippen molar-refractivity contribution in [3.8, 4) is 0 Å². The minimum atomic E-state index is -3.83. The molecule has 0 fully saturated rings. The zero-order valence-corrected chi connectivity index (χ0v) is 14.9. The molecule has 4 N–H and O–H groups in total. The molecule has 0 spiro atoms. The van der Waals surface area contributed by atoms with Gasteiger partial charge in [-0.2, -0.15) is 0 Å². The molecule has 0 bridgehead atoms. The van der Waals surface area contributed by atoms with Crippen LogP contribution in [0.4, 0.5) is 11.5 Å². The molecule has 0 unspecified atom stereocenters. The minimum absolute atomic E-state index is 0.0353. The highest BCUT2D eigenvalue weighted by molar-refractivity contribution is 9.11. The summed E-state index contributed by atoms with van der Waals surface area (Å²) in [6.07, 6.45) is 1.45. The lowest BCUT2D eigenvalue weighted by molar-refractivity contribution is 0.601. The van der Waals surface area contributed by atoms with Crippen LogP contribution in [0.15, 0.2) is 44.3 Å². The van der Waals surface area contributed by atoms with Gasteiger partial charge in [0.1, 0.15) is 4.90 Å². The number of benzene rings is 1. The van der Waals surface area contributed by atoms with E-state index in [0.29, 0.717) is 14.6 Å². The molecule has 0 saturated heterocycles. The quantitative estimate of drug-likeness (QED) is 0.506. The fourth-order valence-electron chi connectivity index (χ4n) is 1.70. The van der Waals surface area contributed by atoms with Gasteiger partial charge >= 0.3 is 0 Å². The summed E-state index contributed by atoms with van der Waals surface area (Å²) in [6.45, 7) is 1.91. The summed E-state index contributed by atoms with van der Waals surface area (Å²) < 4.78 is 28.7. The van der Waals surface area contributed by atoms with Crippen LogP contribution in [-0.2, 0) is 10.0 Å². The van der Waals surface area contributed by atoms with E-state index in [-0.39, 0.29) is 10.7 Å². The number of sulfonamides is 1. The molecule has 0 aliphatic rings. The summed E-state index contributed by atoms with van der Waals surface area (Å²) in [5.74, 6) is 5.37. The van der Waals surface area contributed by atoms with Crippen LogP contribution < -0.4 is 16.0 Å². The van der Waals surface area contributed by atoms with Gasteiger partial charge in [0.2, 0.25) is 0 Å².